The molecule has 0 fully saturated rings. The molecule has 0 aliphatic heterocycles. The maximum absolute atomic E-state index is 3.56. The molecule has 0 heterocycles. The molecule has 0 aromatic rings. The second-order valence-electron chi connectivity index (χ2n) is 2.87. The number of hydrogen-bond donors (Lipinski definition) is 0. The summed E-state index contributed by atoms with van der Waals surface area (Å²) in [4.78, 5) is 0. The van der Waals surface area contributed by atoms with Gasteiger partial charge in [-0.15, -0.1) is 6.58 Å². The van der Waals surface area contributed by atoms with Gasteiger partial charge in [0.2, 0.25) is 0 Å². The van der Waals surface area contributed by atoms with Gasteiger partial charge in [0.1, 0.15) is 0 Å². The Morgan fingerprint density at radius 2 is 1.17 bits per heavy atom. The van der Waals surface area contributed by atoms with Crippen LogP contribution in [0.3, 0.4) is 0 Å². The lowest BCUT2D eigenvalue weighted by Crippen LogP contribution is -1.47. The summed E-state index contributed by atoms with van der Waals surface area (Å²) in [6.07, 6.45) is 6.64. The Bertz CT molecular complexity index is 78.2. The molecule has 0 aromatic carbocycles. The number of hydrogen-bond acceptors (Lipinski definition) is 0. The van der Waals surface area contributed by atoms with Gasteiger partial charge < -0.3 is 0 Å². The van der Waals surface area contributed by atoms with Crippen LogP contribution in [0.15, 0.2) is 24.3 Å². The quantitative estimate of drug-likeness (QED) is 0.487. The maximum atomic E-state index is 3.56. The minimum absolute atomic E-state index is 1.17. The highest BCUT2D eigenvalue weighted by atomic mass is 13.6. The zero-order valence-corrected chi connectivity index (χ0v) is 9.78. The number of unbranched alkanes of at least 4 members (excludes halogenated alkanes) is 1. The van der Waals surface area contributed by atoms with Gasteiger partial charge in [-0.2, -0.15) is 0 Å². The molecule has 0 rings (SSSR count). The smallest absolute Gasteiger partial charge is 0.0445 e. The highest BCUT2D eigenvalue weighted by Crippen LogP contribution is 1.76. The molecule has 0 aromatic heterocycles. The van der Waals surface area contributed by atoms with Crippen molar-refractivity contribution in [1.29, 1.82) is 0 Å². The van der Waals surface area contributed by atoms with Crippen LogP contribution < -0.4 is 0 Å². The van der Waals surface area contributed by atoms with E-state index in [1.807, 2.05) is 39.8 Å². The van der Waals surface area contributed by atoms with Crippen molar-refractivity contribution in [2.45, 2.75) is 54.4 Å². The molecule has 0 saturated carbocycles. The van der Waals surface area contributed by atoms with Crippen LogP contribution in [-0.2, 0) is 0 Å². The first-order chi connectivity index (χ1) is 5.56. The molecular formula is C12H26. The van der Waals surface area contributed by atoms with E-state index in [2.05, 4.69) is 20.4 Å². The average Bonchev–Trinajstić information content (AvgIpc) is 2.03. The Morgan fingerprint density at radius 3 is 1.17 bits per heavy atom. The SMILES string of the molecule is C/C=C\C.C=C(C)C.CCCC. The number of allylic oxidation sites excluding steroid dienone is 3. The van der Waals surface area contributed by atoms with Crippen molar-refractivity contribution in [3.05, 3.63) is 24.3 Å². The summed E-state index contributed by atoms with van der Waals surface area (Å²) in [7, 11) is 0. The lowest BCUT2D eigenvalue weighted by atomic mass is 10.4. The molecule has 0 aliphatic rings. The third-order valence-electron chi connectivity index (χ3n) is 0.833. The predicted molar refractivity (Wildman–Crippen MR) is 61.6 cm³/mol. The first-order valence-electron chi connectivity index (χ1n) is 4.76. The Hall–Kier alpha value is -0.520. The molecule has 0 saturated heterocycles. The van der Waals surface area contributed by atoms with Crippen molar-refractivity contribution in [3.63, 3.8) is 0 Å². The van der Waals surface area contributed by atoms with Crippen molar-refractivity contribution in [1.82, 2.24) is 0 Å². The summed E-state index contributed by atoms with van der Waals surface area (Å²) in [5.74, 6) is 0. The minimum Gasteiger partial charge on any atom is -0.100 e. The largest absolute Gasteiger partial charge is 0.100 e. The molecular weight excluding hydrogens is 144 g/mol. The van der Waals surface area contributed by atoms with E-state index in [1.54, 1.807) is 0 Å². The van der Waals surface area contributed by atoms with Crippen LogP contribution in [0.25, 0.3) is 0 Å². The molecule has 0 radical (unpaired) electrons. The van der Waals surface area contributed by atoms with Crippen LogP contribution >= 0.6 is 0 Å². The van der Waals surface area contributed by atoms with Crippen LogP contribution in [0.5, 0.6) is 0 Å². The number of rotatable bonds is 1. The Balaban J connectivity index is -0.000000101. The van der Waals surface area contributed by atoms with Gasteiger partial charge in [0, 0.05) is 0 Å². The fourth-order valence-corrected chi connectivity index (χ4v) is 0. The molecule has 0 amide bonds. The standard InChI is InChI=1S/C4H8.C4H10.C4H8/c1-4(2)3;2*1-3-4-2/h1H2,2-3H3;3-4H2,1-2H3;3-4H,1-2H3/b;;4-3-. The van der Waals surface area contributed by atoms with Crippen molar-refractivity contribution in [2.75, 3.05) is 0 Å². The van der Waals surface area contributed by atoms with E-state index >= 15 is 0 Å². The fraction of sp³-hybridized carbons (Fsp3) is 0.667. The summed E-state index contributed by atoms with van der Waals surface area (Å²) in [6, 6.07) is 0. The fourth-order valence-electron chi connectivity index (χ4n) is 0. The van der Waals surface area contributed by atoms with Crippen molar-refractivity contribution < 1.29 is 0 Å². The summed E-state index contributed by atoms with van der Waals surface area (Å²) in [6.45, 7) is 15.9. The molecule has 0 unspecified atom stereocenters. The van der Waals surface area contributed by atoms with E-state index in [0.29, 0.717) is 0 Å². The molecule has 12 heavy (non-hydrogen) atoms. The van der Waals surface area contributed by atoms with Gasteiger partial charge in [0.05, 0.1) is 0 Å². The highest BCUT2D eigenvalue weighted by Gasteiger charge is 1.56. The molecule has 0 aliphatic carbocycles. The Morgan fingerprint density at radius 1 is 1.00 bits per heavy atom. The van der Waals surface area contributed by atoms with Gasteiger partial charge in [-0.3, -0.25) is 0 Å². The first-order valence-corrected chi connectivity index (χ1v) is 4.76. The van der Waals surface area contributed by atoms with Crippen molar-refractivity contribution in [3.8, 4) is 0 Å². The maximum Gasteiger partial charge on any atom is -0.0445 e. The minimum atomic E-state index is 1.17. The highest BCUT2D eigenvalue weighted by molar-refractivity contribution is 4.78. The van der Waals surface area contributed by atoms with Crippen LogP contribution in [0, 0.1) is 0 Å². The van der Waals surface area contributed by atoms with Crippen LogP contribution in [0.4, 0.5) is 0 Å². The lowest BCUT2D eigenvalue weighted by molar-refractivity contribution is 0.886. The Labute approximate surface area is 79.4 Å². The van der Waals surface area contributed by atoms with Crippen LogP contribution in [0.2, 0.25) is 0 Å². The van der Waals surface area contributed by atoms with Gasteiger partial charge in [-0.25, -0.2) is 0 Å². The van der Waals surface area contributed by atoms with Crippen LogP contribution in [-0.4, -0.2) is 0 Å². The van der Waals surface area contributed by atoms with E-state index in [4.69, 9.17) is 0 Å². The zero-order valence-electron chi connectivity index (χ0n) is 9.78. The van der Waals surface area contributed by atoms with E-state index in [0.717, 1.165) is 0 Å². The zero-order chi connectivity index (χ0) is 10.4. The topological polar surface area (TPSA) is 0 Å². The molecule has 74 valence electrons. The third-order valence-corrected chi connectivity index (χ3v) is 0.833. The second kappa shape index (κ2) is 22.4. The molecule has 0 atom stereocenters. The van der Waals surface area contributed by atoms with Gasteiger partial charge in [0.25, 0.3) is 0 Å². The summed E-state index contributed by atoms with van der Waals surface area (Å²) >= 11 is 0. The van der Waals surface area contributed by atoms with Gasteiger partial charge >= 0.3 is 0 Å². The third kappa shape index (κ3) is 311. The molecule has 0 N–H and O–H groups in total. The second-order valence-corrected chi connectivity index (χ2v) is 2.87. The Kier molecular flexibility index (Phi) is 32.8. The normalized spacial score (nSPS) is 7.83. The molecule has 0 heteroatoms. The van der Waals surface area contributed by atoms with Crippen molar-refractivity contribution in [2.24, 2.45) is 0 Å². The summed E-state index contributed by atoms with van der Waals surface area (Å²) < 4.78 is 0. The molecule has 0 bridgehead atoms. The van der Waals surface area contributed by atoms with Gasteiger partial charge in [0.15, 0.2) is 0 Å². The lowest BCUT2D eigenvalue weighted by Gasteiger charge is -1.68. The van der Waals surface area contributed by atoms with Crippen molar-refractivity contribution >= 4 is 0 Å². The predicted octanol–water partition coefficient (Wildman–Crippen LogP) is 4.97. The monoisotopic (exact) mass is 170 g/mol. The van der Waals surface area contributed by atoms with Gasteiger partial charge in [-0.1, -0.05) is 44.4 Å². The summed E-state index contributed by atoms with van der Waals surface area (Å²) in [5, 5.41) is 0. The van der Waals surface area contributed by atoms with E-state index in [9.17, 15) is 0 Å². The van der Waals surface area contributed by atoms with Crippen LogP contribution in [0.1, 0.15) is 54.4 Å². The van der Waals surface area contributed by atoms with E-state index in [-0.39, 0.29) is 0 Å². The first kappa shape index (κ1) is 17.5. The van der Waals surface area contributed by atoms with E-state index < -0.39 is 0 Å². The molecule has 0 nitrogen and oxygen atoms in total. The summed E-state index contributed by atoms with van der Waals surface area (Å²) in [5.41, 5.74) is 1.17. The van der Waals surface area contributed by atoms with E-state index in [1.165, 1.54) is 18.4 Å². The van der Waals surface area contributed by atoms with Gasteiger partial charge in [-0.05, 0) is 27.7 Å². The molecule has 0 spiro atoms. The average molecular weight is 170 g/mol.